The van der Waals surface area contributed by atoms with E-state index >= 15 is 0 Å². The van der Waals surface area contributed by atoms with Gasteiger partial charge in [-0.05, 0) is 94.9 Å². The molecule has 0 bridgehead atoms. The minimum atomic E-state index is -0.262. The molecule has 2 aromatic heterocycles. The molecule has 0 aliphatic carbocycles. The molecule has 0 radical (unpaired) electrons. The largest absolute Gasteiger partial charge is 0.489 e. The summed E-state index contributed by atoms with van der Waals surface area (Å²) in [5.74, 6) is 1.82. The fourth-order valence-electron chi connectivity index (χ4n) is 10.1. The van der Waals surface area contributed by atoms with E-state index < -0.39 is 0 Å². The van der Waals surface area contributed by atoms with Gasteiger partial charge < -0.3 is 13.7 Å². The fourth-order valence-corrected chi connectivity index (χ4v) is 10.1. The molecule has 0 fully saturated rings. The number of benzene rings is 8. The van der Waals surface area contributed by atoms with Crippen molar-refractivity contribution in [2.24, 2.45) is 15.9 Å². The number of ether oxygens (including phenoxy) is 1. The monoisotopic (exact) mass is 815 g/mol. The second kappa shape index (κ2) is 15.1. The zero-order chi connectivity index (χ0) is 42.0. The first-order chi connectivity index (χ1) is 31.1. The van der Waals surface area contributed by atoms with Gasteiger partial charge in [-0.2, -0.15) is 0 Å². The first kappa shape index (κ1) is 37.3. The van der Waals surface area contributed by atoms with Crippen molar-refractivity contribution in [3.8, 4) is 11.4 Å². The van der Waals surface area contributed by atoms with Crippen LogP contribution < -0.4 is 4.74 Å². The Kier molecular flexibility index (Phi) is 8.96. The van der Waals surface area contributed by atoms with Gasteiger partial charge in [0.15, 0.2) is 5.84 Å². The van der Waals surface area contributed by atoms with Crippen molar-refractivity contribution in [1.29, 1.82) is 0 Å². The van der Waals surface area contributed by atoms with Crippen molar-refractivity contribution in [1.82, 2.24) is 4.57 Å². The van der Waals surface area contributed by atoms with Gasteiger partial charge in [0.2, 0.25) is 0 Å². The molecule has 0 saturated heterocycles. The van der Waals surface area contributed by atoms with E-state index in [0.717, 1.165) is 79.6 Å². The van der Waals surface area contributed by atoms with Crippen LogP contribution >= 0.6 is 0 Å². The van der Waals surface area contributed by atoms with E-state index in [0.29, 0.717) is 12.4 Å². The predicted octanol–water partition coefficient (Wildman–Crippen LogP) is 15.0. The Hall–Kier alpha value is -7.50. The molecule has 304 valence electrons. The fraction of sp³-hybridized carbons (Fsp3) is 0.138. The minimum absolute atomic E-state index is 0.0806. The van der Waals surface area contributed by atoms with Crippen LogP contribution in [0.5, 0.6) is 5.75 Å². The zero-order valence-electron chi connectivity index (χ0n) is 35.3. The highest BCUT2D eigenvalue weighted by molar-refractivity contribution is 6.20. The minimum Gasteiger partial charge on any atom is -0.489 e. The third-order valence-electron chi connectivity index (χ3n) is 13.3. The van der Waals surface area contributed by atoms with Crippen LogP contribution in [0.4, 0.5) is 0 Å². The van der Waals surface area contributed by atoms with Gasteiger partial charge in [0.25, 0.3) is 0 Å². The van der Waals surface area contributed by atoms with Crippen LogP contribution in [0.25, 0.3) is 71.0 Å². The summed E-state index contributed by atoms with van der Waals surface area (Å²) in [6.07, 6.45) is 10.2. The van der Waals surface area contributed by atoms with Gasteiger partial charge in [-0.25, -0.2) is 4.99 Å². The average molecular weight is 816 g/mol. The van der Waals surface area contributed by atoms with Crippen LogP contribution in [0, 0.1) is 5.92 Å². The number of para-hydroxylation sites is 3. The SMILES string of the molecule is CC1CC/C(c2cccc3c2oc2ccccc23)=N\C(c2ccc3ccccc3c2)=N/C1c1cc(-n2c3ccccc3c3cc4ccccc4cc32)cc2c1OC/C=C\C=C/[C@H]2C. The molecule has 0 spiro atoms. The van der Waals surface area contributed by atoms with Crippen molar-refractivity contribution < 1.29 is 9.15 Å². The van der Waals surface area contributed by atoms with E-state index in [-0.39, 0.29) is 17.9 Å². The summed E-state index contributed by atoms with van der Waals surface area (Å²) in [4.78, 5) is 11.4. The smallest absolute Gasteiger partial charge is 0.155 e. The molecule has 10 aromatic rings. The zero-order valence-corrected chi connectivity index (χ0v) is 35.3. The lowest BCUT2D eigenvalue weighted by atomic mass is 9.85. The molecule has 0 amide bonds. The molecule has 2 unspecified atom stereocenters. The van der Waals surface area contributed by atoms with Gasteiger partial charge >= 0.3 is 0 Å². The maximum atomic E-state index is 6.90. The Bertz CT molecular complexity index is 3580. The summed E-state index contributed by atoms with van der Waals surface area (Å²) < 4.78 is 16.0. The van der Waals surface area contributed by atoms with Gasteiger partial charge in [0, 0.05) is 55.4 Å². The molecule has 5 nitrogen and oxygen atoms in total. The topological polar surface area (TPSA) is 52.0 Å². The van der Waals surface area contributed by atoms with Crippen molar-refractivity contribution >= 4 is 76.8 Å². The summed E-state index contributed by atoms with van der Waals surface area (Å²) in [5, 5.41) is 9.46. The number of aromatic nitrogens is 1. The third kappa shape index (κ3) is 6.38. The highest BCUT2D eigenvalue weighted by Crippen LogP contribution is 2.45. The highest BCUT2D eigenvalue weighted by atomic mass is 16.5. The first-order valence-corrected chi connectivity index (χ1v) is 22.2. The van der Waals surface area contributed by atoms with E-state index in [1.165, 1.54) is 38.0 Å². The van der Waals surface area contributed by atoms with Gasteiger partial charge in [0.05, 0.1) is 22.8 Å². The molecule has 63 heavy (non-hydrogen) atoms. The molecule has 4 heterocycles. The standard InChI is InChI=1S/C58H45N3O2/c1-36-15-4-3-13-30-62-56-48(36)34-43(61-52-24-11-9-20-44(52)49-32-40-18-7-8-19-41(40)33-53(49)61)35-50(56)55-37(2)26-29-51(47-23-14-22-46-45-21-10-12-25-54(45)63-57(46)47)59-58(60-55)42-28-27-38-16-5-6-17-39(38)31-42/h3-25,27-28,31-37,55H,26,29-30H2,1-2H3/b13-3-,15-4-,59-51+,60-58-/t36-,37?,55?/m1/s1. The number of amidine groups is 1. The Balaban J connectivity index is 1.12. The quantitative estimate of drug-likeness (QED) is 0.178. The molecule has 0 N–H and O–H groups in total. The number of hydrogen-bond donors (Lipinski definition) is 0. The van der Waals surface area contributed by atoms with Crippen LogP contribution in [-0.2, 0) is 0 Å². The van der Waals surface area contributed by atoms with E-state index in [9.17, 15) is 0 Å². The Morgan fingerprint density at radius 2 is 1.33 bits per heavy atom. The Morgan fingerprint density at radius 3 is 2.21 bits per heavy atom. The normalized spacial score (nSPS) is 20.8. The Morgan fingerprint density at radius 1 is 0.603 bits per heavy atom. The lowest BCUT2D eigenvalue weighted by Gasteiger charge is -2.29. The number of hydrogen-bond acceptors (Lipinski definition) is 4. The molecule has 5 heteroatoms. The van der Waals surface area contributed by atoms with Crippen molar-refractivity contribution in [3.05, 3.63) is 204 Å². The molecule has 2 aliphatic rings. The van der Waals surface area contributed by atoms with E-state index in [2.05, 4.69) is 188 Å². The van der Waals surface area contributed by atoms with Gasteiger partial charge in [-0.1, -0.05) is 141 Å². The predicted molar refractivity (Wildman–Crippen MR) is 262 cm³/mol. The third-order valence-corrected chi connectivity index (χ3v) is 13.3. The van der Waals surface area contributed by atoms with Crippen molar-refractivity contribution in [2.75, 3.05) is 6.61 Å². The van der Waals surface area contributed by atoms with E-state index in [1.807, 2.05) is 12.1 Å². The van der Waals surface area contributed by atoms with E-state index in [1.54, 1.807) is 0 Å². The lowest BCUT2D eigenvalue weighted by molar-refractivity contribution is 0.342. The van der Waals surface area contributed by atoms with Crippen molar-refractivity contribution in [3.63, 3.8) is 0 Å². The van der Waals surface area contributed by atoms with Crippen LogP contribution in [0.2, 0.25) is 0 Å². The molecule has 8 aromatic carbocycles. The van der Waals surface area contributed by atoms with Crippen LogP contribution in [0.15, 0.2) is 196 Å². The molecule has 12 rings (SSSR count). The van der Waals surface area contributed by atoms with E-state index in [4.69, 9.17) is 19.1 Å². The van der Waals surface area contributed by atoms with Gasteiger partial charge in [0.1, 0.15) is 23.5 Å². The number of fused-ring (bicyclic) bond motifs is 9. The van der Waals surface area contributed by atoms with Crippen molar-refractivity contribution in [2.45, 2.75) is 38.6 Å². The highest BCUT2D eigenvalue weighted by Gasteiger charge is 2.31. The summed E-state index contributed by atoms with van der Waals surface area (Å²) in [6.45, 7) is 5.08. The van der Waals surface area contributed by atoms with Crippen LogP contribution in [-0.4, -0.2) is 22.7 Å². The van der Waals surface area contributed by atoms with Gasteiger partial charge in [-0.15, -0.1) is 0 Å². The molecule has 2 aliphatic heterocycles. The second-order valence-electron chi connectivity index (χ2n) is 17.2. The number of allylic oxidation sites excluding steroid dienone is 3. The lowest BCUT2D eigenvalue weighted by Crippen LogP contribution is -2.19. The van der Waals surface area contributed by atoms with Crippen LogP contribution in [0.3, 0.4) is 0 Å². The first-order valence-electron chi connectivity index (χ1n) is 22.2. The summed E-state index contributed by atoms with van der Waals surface area (Å²) in [5.41, 5.74) is 10.4. The number of rotatable bonds is 4. The molecule has 3 atom stereocenters. The number of aliphatic imine (C=N–C) groups is 2. The second-order valence-corrected chi connectivity index (χ2v) is 17.2. The Labute approximate surface area is 366 Å². The molecular formula is C58H45N3O2. The number of furan rings is 1. The summed E-state index contributed by atoms with van der Waals surface area (Å²) in [7, 11) is 0. The number of nitrogens with zero attached hydrogens (tertiary/aromatic N) is 3. The maximum Gasteiger partial charge on any atom is 0.155 e. The van der Waals surface area contributed by atoms with Gasteiger partial charge in [-0.3, -0.25) is 4.99 Å². The summed E-state index contributed by atoms with van der Waals surface area (Å²) in [6, 6.07) is 56.4. The maximum absolute atomic E-state index is 6.90. The molecular weight excluding hydrogens is 771 g/mol. The molecule has 0 saturated carbocycles. The average Bonchev–Trinajstić information content (AvgIpc) is 3.88. The summed E-state index contributed by atoms with van der Waals surface area (Å²) >= 11 is 0. The van der Waals surface area contributed by atoms with Crippen LogP contribution in [0.1, 0.15) is 60.9 Å².